The first kappa shape index (κ1) is 70.6. The Bertz CT molecular complexity index is 1640. The number of hydrogen-bond acceptors (Lipinski definition) is 22. The number of amides is 5. The first-order valence-corrected chi connectivity index (χ1v) is 28.4. The summed E-state index contributed by atoms with van der Waals surface area (Å²) >= 11 is 0. The van der Waals surface area contributed by atoms with Crippen LogP contribution in [-0.2, 0) is 57.2 Å². The van der Waals surface area contributed by atoms with Gasteiger partial charge in [0.05, 0.1) is 77.2 Å². The molecule has 3 saturated heterocycles. The number of rotatable bonds is 39. The number of carbonyl (C=O) groups excluding carboxylic acids is 6. The second kappa shape index (κ2) is 37.6. The second-order valence-corrected chi connectivity index (χ2v) is 21.6. The van der Waals surface area contributed by atoms with E-state index >= 15 is 0 Å². The molecule has 0 aromatic rings. The molecule has 3 fully saturated rings. The first-order chi connectivity index (χ1) is 38.1. The molecule has 3 heterocycles. The van der Waals surface area contributed by atoms with Crippen molar-refractivity contribution >= 4 is 35.3 Å². The number of ether oxygens (including phenoxy) is 6. The molecule has 27 nitrogen and oxygen atoms in total. The zero-order valence-corrected chi connectivity index (χ0v) is 47.3. The monoisotopic (exact) mass is 1150 g/mol. The highest BCUT2D eigenvalue weighted by Gasteiger charge is 2.45. The van der Waals surface area contributed by atoms with Crippen LogP contribution in [0.1, 0.15) is 125 Å². The van der Waals surface area contributed by atoms with Crippen molar-refractivity contribution in [2.75, 3.05) is 72.4 Å². The maximum atomic E-state index is 13.3. The molecule has 0 bridgehead atoms. The fourth-order valence-corrected chi connectivity index (χ4v) is 9.65. The molecule has 15 atom stereocenters. The molecule has 464 valence electrons. The zero-order chi connectivity index (χ0) is 59.4. The van der Waals surface area contributed by atoms with E-state index in [1.807, 2.05) is 13.8 Å². The molecule has 0 spiro atoms. The number of unbranched alkanes of at least 4 members (excludes halogenated alkanes) is 1. The number of nitrogens with one attached hydrogen (secondary N) is 6. The second-order valence-electron chi connectivity index (χ2n) is 21.6. The molecule has 3 aliphatic heterocycles. The van der Waals surface area contributed by atoms with Gasteiger partial charge in [-0.3, -0.25) is 28.8 Å². The lowest BCUT2D eigenvalue weighted by Crippen LogP contribution is -2.55. The Kier molecular flexibility index (Phi) is 33.2. The average Bonchev–Trinajstić information content (AvgIpc) is 3.48. The predicted molar refractivity (Wildman–Crippen MR) is 284 cm³/mol. The summed E-state index contributed by atoms with van der Waals surface area (Å²) in [6.07, 6.45) is -9.82. The lowest BCUT2D eigenvalue weighted by atomic mass is 9.81. The van der Waals surface area contributed by atoms with Crippen molar-refractivity contribution in [3.05, 3.63) is 0 Å². The molecular weight excluding hydrogens is 1060 g/mol. The third-order valence-corrected chi connectivity index (χ3v) is 14.7. The molecule has 80 heavy (non-hydrogen) atoms. The third kappa shape index (κ3) is 24.7. The van der Waals surface area contributed by atoms with Crippen molar-refractivity contribution in [3.63, 3.8) is 0 Å². The van der Waals surface area contributed by atoms with Crippen LogP contribution in [-0.4, -0.2) is 239 Å². The highest BCUT2D eigenvalue weighted by molar-refractivity contribution is 5.79. The molecule has 6 unspecified atom stereocenters. The average molecular weight is 1150 g/mol. The van der Waals surface area contributed by atoms with E-state index < -0.39 is 117 Å². The van der Waals surface area contributed by atoms with Gasteiger partial charge in [-0.25, -0.2) is 0 Å². The van der Waals surface area contributed by atoms with Crippen molar-refractivity contribution < 1.29 is 103 Å². The first-order valence-electron chi connectivity index (χ1n) is 28.4. The molecule has 3 rings (SSSR count). The summed E-state index contributed by atoms with van der Waals surface area (Å²) in [6.45, 7) is 8.48. The van der Waals surface area contributed by atoms with Crippen LogP contribution in [0.15, 0.2) is 0 Å². The number of carbonyl (C=O) groups is 6. The van der Waals surface area contributed by atoms with E-state index in [2.05, 4.69) is 31.9 Å². The van der Waals surface area contributed by atoms with Gasteiger partial charge in [0.1, 0.15) is 42.4 Å². The molecule has 5 amide bonds. The smallest absolute Gasteiger partial charge is 0.222 e. The Balaban J connectivity index is 1.45. The van der Waals surface area contributed by atoms with Gasteiger partial charge in [-0.15, -0.1) is 0 Å². The van der Waals surface area contributed by atoms with Crippen LogP contribution in [0.25, 0.3) is 0 Å². The zero-order valence-electron chi connectivity index (χ0n) is 47.3. The van der Waals surface area contributed by atoms with Crippen LogP contribution >= 0.6 is 0 Å². The molecule has 0 aromatic heterocycles. The van der Waals surface area contributed by atoms with Crippen LogP contribution in [0.3, 0.4) is 0 Å². The van der Waals surface area contributed by atoms with Crippen molar-refractivity contribution in [3.8, 4) is 0 Å². The molecular formula is C53H96N6O21. The van der Waals surface area contributed by atoms with Crippen molar-refractivity contribution in [1.82, 2.24) is 31.9 Å². The van der Waals surface area contributed by atoms with Crippen molar-refractivity contribution in [2.24, 2.45) is 17.8 Å². The fraction of sp³-hybridized carbons (Fsp3) is 0.887. The fourth-order valence-electron chi connectivity index (χ4n) is 9.65. The van der Waals surface area contributed by atoms with E-state index in [9.17, 15) is 74.7 Å². The minimum absolute atomic E-state index is 0.00120. The van der Waals surface area contributed by atoms with Crippen LogP contribution < -0.4 is 31.9 Å². The van der Waals surface area contributed by atoms with Gasteiger partial charge in [0.2, 0.25) is 29.5 Å². The highest BCUT2D eigenvalue weighted by Crippen LogP contribution is 2.30. The summed E-state index contributed by atoms with van der Waals surface area (Å²) in [5, 5.41) is 107. The van der Waals surface area contributed by atoms with Gasteiger partial charge in [0, 0.05) is 87.7 Å². The van der Waals surface area contributed by atoms with Crippen molar-refractivity contribution in [2.45, 2.75) is 210 Å². The number of Topliss-reactive ketones (excluding diaryl/α,β-unsaturated/α-hetero) is 1. The predicted octanol–water partition coefficient (Wildman–Crippen LogP) is -3.39. The van der Waals surface area contributed by atoms with E-state index in [4.69, 9.17) is 28.4 Å². The summed E-state index contributed by atoms with van der Waals surface area (Å²) in [7, 11) is 0. The lowest BCUT2D eigenvalue weighted by Gasteiger charge is -2.40. The number of hydrogen-bond donors (Lipinski definition) is 15. The number of aliphatic hydroxyl groups is 9. The van der Waals surface area contributed by atoms with E-state index in [1.54, 1.807) is 20.8 Å². The molecule has 3 aliphatic rings. The number of ketones is 1. The van der Waals surface area contributed by atoms with E-state index in [0.717, 1.165) is 0 Å². The van der Waals surface area contributed by atoms with Gasteiger partial charge in [-0.2, -0.15) is 0 Å². The van der Waals surface area contributed by atoms with E-state index in [0.29, 0.717) is 51.5 Å². The summed E-state index contributed by atoms with van der Waals surface area (Å²) in [5.74, 6) is -3.25. The number of aliphatic hydroxyl groups excluding tert-OH is 9. The van der Waals surface area contributed by atoms with E-state index in [1.165, 1.54) is 0 Å². The van der Waals surface area contributed by atoms with Gasteiger partial charge >= 0.3 is 0 Å². The molecule has 0 radical (unpaired) electrons. The summed E-state index contributed by atoms with van der Waals surface area (Å²) in [4.78, 5) is 77.3. The summed E-state index contributed by atoms with van der Waals surface area (Å²) in [5.41, 5.74) is -0.799. The van der Waals surface area contributed by atoms with Gasteiger partial charge in [-0.05, 0) is 44.9 Å². The van der Waals surface area contributed by atoms with Crippen LogP contribution in [0, 0.1) is 17.8 Å². The van der Waals surface area contributed by atoms with Crippen molar-refractivity contribution in [1.29, 1.82) is 0 Å². The normalized spacial score (nSPS) is 29.6. The minimum Gasteiger partial charge on any atom is -0.394 e. The van der Waals surface area contributed by atoms with Gasteiger partial charge in [0.25, 0.3) is 0 Å². The van der Waals surface area contributed by atoms with E-state index in [-0.39, 0.29) is 132 Å². The topological polar surface area (TPSA) is 412 Å². The Morgan fingerprint density at radius 1 is 0.425 bits per heavy atom. The molecule has 0 aromatic carbocycles. The minimum atomic E-state index is -1.27. The van der Waals surface area contributed by atoms with Crippen LogP contribution in [0.4, 0.5) is 0 Å². The SMILES string of the molecule is CC(C)NC(CCC(=O)CCCCNC(=O)CCO[C@@H]1OC(CO)[C@H](O)[C@H](O)C1C)(CCC(=O)NCCCNC(=O)CCO[C@@H]1OC(CO)[C@H](O)[C@H](O)C1C)CCC(=O)NCCCNC(=O)CCO[C@@H]1OC(CO)[C@H](O)[C@H](O)C1C. The molecule has 0 aliphatic carbocycles. The van der Waals surface area contributed by atoms with Crippen LogP contribution in [0.5, 0.6) is 0 Å². The van der Waals surface area contributed by atoms with Gasteiger partial charge < -0.3 is 106 Å². The Labute approximate surface area is 469 Å². The maximum Gasteiger partial charge on any atom is 0.222 e. The summed E-state index contributed by atoms with van der Waals surface area (Å²) < 4.78 is 33.4. The molecule has 15 N–H and O–H groups in total. The highest BCUT2D eigenvalue weighted by atomic mass is 16.7. The Hall–Kier alpha value is -3.62. The Morgan fingerprint density at radius 3 is 1.04 bits per heavy atom. The summed E-state index contributed by atoms with van der Waals surface area (Å²) in [6, 6.07) is -0.0881. The van der Waals surface area contributed by atoms with Crippen LogP contribution in [0.2, 0.25) is 0 Å². The maximum absolute atomic E-state index is 13.3. The largest absolute Gasteiger partial charge is 0.394 e. The standard InChI is InChI=1S/C53H96N6O21/c1-31(2)59-53(17-11-35(63)10-6-7-20-54-41(66)14-25-75-50-32(3)44(69)47(72)36(28-60)78-50,18-12-39(64)55-21-8-23-57-42(67)15-26-76-51-33(4)45(70)48(73)37(29-61)79-51)19-13-40(65)56-22-9-24-58-43(68)16-27-77-52-34(5)46(71)49(74)38(30-62)80-52/h31-34,36-38,44-52,59-62,69-74H,6-30H2,1-5H3,(H,54,66)(H,55,64)(H,56,65)(H,57,67)(H,58,68)/t32?,33?,34?,36?,37?,38?,44-,45-,46-,47+,48+,49+,50-,51-,52-,53?/m1/s1. The lowest BCUT2D eigenvalue weighted by molar-refractivity contribution is -0.282. The quantitative estimate of drug-likeness (QED) is 0.0267. The van der Waals surface area contributed by atoms with Gasteiger partial charge in [0.15, 0.2) is 18.9 Å². The Morgan fingerprint density at radius 2 is 0.725 bits per heavy atom. The molecule has 27 heteroatoms. The molecule has 0 saturated carbocycles. The van der Waals surface area contributed by atoms with Gasteiger partial charge in [-0.1, -0.05) is 34.6 Å². The third-order valence-electron chi connectivity index (χ3n) is 14.7.